The van der Waals surface area contributed by atoms with Gasteiger partial charge in [-0.25, -0.2) is 9.97 Å². The number of amides is 1. The average molecular weight is 425 g/mol. The van der Waals surface area contributed by atoms with Gasteiger partial charge in [0, 0.05) is 41.0 Å². The molecule has 0 aliphatic heterocycles. The largest absolute Gasteiger partial charge is 0.496 e. The zero-order valence-electron chi connectivity index (χ0n) is 16.6. The standard InChI is InChI=1S/C22H21ClN4O3/c1-14-11-21(25-13-24-14)26-16-4-6-17(7-5-16)27-22(29)10-8-19(28)18-12-15(23)3-9-20(18)30-2/h3-7,9,11-13H,8,10H2,1-2H3,(H,27,29)(H,24,25,26). The van der Waals surface area contributed by atoms with Gasteiger partial charge in [0.2, 0.25) is 5.91 Å². The number of hydrogen-bond donors (Lipinski definition) is 2. The number of carbonyl (C=O) groups is 2. The number of ether oxygens (including phenoxy) is 1. The third-order valence-electron chi connectivity index (χ3n) is 4.29. The third kappa shape index (κ3) is 5.78. The van der Waals surface area contributed by atoms with Crippen molar-refractivity contribution in [2.45, 2.75) is 19.8 Å². The molecule has 7 nitrogen and oxygen atoms in total. The van der Waals surface area contributed by atoms with Crippen molar-refractivity contribution >= 4 is 40.5 Å². The zero-order valence-corrected chi connectivity index (χ0v) is 17.4. The maximum atomic E-state index is 12.4. The Balaban J connectivity index is 1.53. The van der Waals surface area contributed by atoms with Gasteiger partial charge in [-0.15, -0.1) is 0 Å². The lowest BCUT2D eigenvalue weighted by atomic mass is 10.1. The van der Waals surface area contributed by atoms with E-state index in [-0.39, 0.29) is 24.5 Å². The van der Waals surface area contributed by atoms with Crippen LogP contribution in [0.3, 0.4) is 0 Å². The Bertz CT molecular complexity index is 1050. The first-order valence-corrected chi connectivity index (χ1v) is 9.65. The SMILES string of the molecule is COc1ccc(Cl)cc1C(=O)CCC(=O)Nc1ccc(Nc2cc(C)ncn2)cc1. The van der Waals surface area contributed by atoms with E-state index in [4.69, 9.17) is 16.3 Å². The van der Waals surface area contributed by atoms with Gasteiger partial charge in [-0.1, -0.05) is 11.6 Å². The number of Topliss-reactive ketones (excluding diaryl/α,β-unsaturated/α-hetero) is 1. The molecule has 1 heterocycles. The molecule has 2 N–H and O–H groups in total. The molecule has 0 atom stereocenters. The van der Waals surface area contributed by atoms with E-state index in [9.17, 15) is 9.59 Å². The highest BCUT2D eigenvalue weighted by molar-refractivity contribution is 6.31. The van der Waals surface area contributed by atoms with Crippen molar-refractivity contribution in [1.82, 2.24) is 9.97 Å². The lowest BCUT2D eigenvalue weighted by Gasteiger charge is -2.09. The second-order valence-electron chi connectivity index (χ2n) is 6.56. The summed E-state index contributed by atoms with van der Waals surface area (Å²) in [6.07, 6.45) is 1.59. The van der Waals surface area contributed by atoms with Crippen LogP contribution in [0.25, 0.3) is 0 Å². The van der Waals surface area contributed by atoms with Crippen LogP contribution in [-0.4, -0.2) is 28.8 Å². The molecule has 0 radical (unpaired) electrons. The topological polar surface area (TPSA) is 93.2 Å². The first-order chi connectivity index (χ1) is 14.4. The Morgan fingerprint density at radius 3 is 2.43 bits per heavy atom. The van der Waals surface area contributed by atoms with E-state index in [2.05, 4.69) is 20.6 Å². The minimum atomic E-state index is -0.253. The Kier molecular flexibility index (Phi) is 6.98. The van der Waals surface area contributed by atoms with Gasteiger partial charge in [0.05, 0.1) is 12.7 Å². The maximum Gasteiger partial charge on any atom is 0.224 e. The van der Waals surface area contributed by atoms with Crippen LogP contribution in [0, 0.1) is 6.92 Å². The van der Waals surface area contributed by atoms with Crippen LogP contribution in [0.4, 0.5) is 17.2 Å². The molecule has 3 rings (SSSR count). The van der Waals surface area contributed by atoms with Gasteiger partial charge in [0.1, 0.15) is 17.9 Å². The fraction of sp³-hybridized carbons (Fsp3) is 0.182. The summed E-state index contributed by atoms with van der Waals surface area (Å²) in [5, 5.41) is 6.39. The van der Waals surface area contributed by atoms with E-state index in [1.54, 1.807) is 30.3 Å². The van der Waals surface area contributed by atoms with Gasteiger partial charge in [-0.2, -0.15) is 0 Å². The molecular weight excluding hydrogens is 404 g/mol. The number of hydrogen-bond acceptors (Lipinski definition) is 6. The summed E-state index contributed by atoms with van der Waals surface area (Å²) in [5.41, 5.74) is 2.70. The molecule has 0 saturated carbocycles. The summed E-state index contributed by atoms with van der Waals surface area (Å²) in [6.45, 7) is 1.89. The van der Waals surface area contributed by atoms with Gasteiger partial charge in [0.15, 0.2) is 5.78 Å². The van der Waals surface area contributed by atoms with E-state index in [0.29, 0.717) is 27.8 Å². The van der Waals surface area contributed by atoms with E-state index >= 15 is 0 Å². The number of rotatable bonds is 8. The zero-order chi connectivity index (χ0) is 21.5. The number of nitrogens with zero attached hydrogens (tertiary/aromatic N) is 2. The molecule has 0 bridgehead atoms. The van der Waals surface area contributed by atoms with E-state index in [1.165, 1.54) is 13.4 Å². The molecule has 0 fully saturated rings. The quantitative estimate of drug-likeness (QED) is 0.505. The number of nitrogens with one attached hydrogen (secondary N) is 2. The monoisotopic (exact) mass is 424 g/mol. The van der Waals surface area contributed by atoms with Crippen molar-refractivity contribution in [2.24, 2.45) is 0 Å². The molecule has 30 heavy (non-hydrogen) atoms. The number of benzene rings is 2. The Hall–Kier alpha value is -3.45. The fourth-order valence-corrected chi connectivity index (χ4v) is 2.96. The average Bonchev–Trinajstić information content (AvgIpc) is 2.73. The highest BCUT2D eigenvalue weighted by Gasteiger charge is 2.15. The normalized spacial score (nSPS) is 10.4. The van der Waals surface area contributed by atoms with Crippen LogP contribution < -0.4 is 15.4 Å². The summed E-state index contributed by atoms with van der Waals surface area (Å²) in [4.78, 5) is 32.9. The highest BCUT2D eigenvalue weighted by atomic mass is 35.5. The fourth-order valence-electron chi connectivity index (χ4n) is 2.79. The third-order valence-corrected chi connectivity index (χ3v) is 4.52. The molecule has 0 aliphatic rings. The minimum Gasteiger partial charge on any atom is -0.496 e. The molecule has 8 heteroatoms. The summed E-state index contributed by atoms with van der Waals surface area (Å²) in [5.74, 6) is 0.668. The molecule has 3 aromatic rings. The Morgan fingerprint density at radius 2 is 1.73 bits per heavy atom. The molecule has 0 spiro atoms. The predicted octanol–water partition coefficient (Wildman–Crippen LogP) is 4.79. The van der Waals surface area contributed by atoms with Crippen molar-refractivity contribution in [3.63, 3.8) is 0 Å². The van der Waals surface area contributed by atoms with Crippen molar-refractivity contribution in [2.75, 3.05) is 17.7 Å². The van der Waals surface area contributed by atoms with E-state index in [1.807, 2.05) is 25.1 Å². The molecule has 0 unspecified atom stereocenters. The first kappa shape index (κ1) is 21.3. The predicted molar refractivity (Wildman–Crippen MR) is 117 cm³/mol. The van der Waals surface area contributed by atoms with Gasteiger partial charge in [-0.3, -0.25) is 9.59 Å². The van der Waals surface area contributed by atoms with Gasteiger partial charge < -0.3 is 15.4 Å². The highest BCUT2D eigenvalue weighted by Crippen LogP contribution is 2.24. The number of anilines is 3. The molecule has 0 aliphatic carbocycles. The van der Waals surface area contributed by atoms with Crippen LogP contribution in [-0.2, 0) is 4.79 Å². The number of aromatic nitrogens is 2. The summed E-state index contributed by atoms with van der Waals surface area (Å²) < 4.78 is 5.19. The van der Waals surface area contributed by atoms with Crippen LogP contribution in [0.1, 0.15) is 28.9 Å². The number of methoxy groups -OCH3 is 1. The number of ketones is 1. The number of halogens is 1. The van der Waals surface area contributed by atoms with Crippen molar-refractivity contribution < 1.29 is 14.3 Å². The van der Waals surface area contributed by atoms with Crippen molar-refractivity contribution in [3.05, 3.63) is 71.1 Å². The van der Waals surface area contributed by atoms with Gasteiger partial charge >= 0.3 is 0 Å². The molecule has 1 amide bonds. The van der Waals surface area contributed by atoms with Crippen LogP contribution >= 0.6 is 11.6 Å². The summed E-state index contributed by atoms with van der Waals surface area (Å²) in [6, 6.07) is 13.9. The van der Waals surface area contributed by atoms with Gasteiger partial charge in [0.25, 0.3) is 0 Å². The van der Waals surface area contributed by atoms with E-state index in [0.717, 1.165) is 11.4 Å². The lowest BCUT2D eigenvalue weighted by Crippen LogP contribution is -2.14. The van der Waals surface area contributed by atoms with E-state index < -0.39 is 0 Å². The smallest absolute Gasteiger partial charge is 0.224 e. The van der Waals surface area contributed by atoms with Crippen LogP contribution in [0.15, 0.2) is 54.9 Å². The number of aryl methyl sites for hydroxylation is 1. The van der Waals surface area contributed by atoms with Crippen molar-refractivity contribution in [1.29, 1.82) is 0 Å². The molecular formula is C22H21ClN4O3. The second-order valence-corrected chi connectivity index (χ2v) is 7.00. The maximum absolute atomic E-state index is 12.4. The molecule has 1 aromatic heterocycles. The molecule has 0 saturated heterocycles. The summed E-state index contributed by atoms with van der Waals surface area (Å²) >= 11 is 5.96. The number of carbonyl (C=O) groups excluding carboxylic acids is 2. The summed E-state index contributed by atoms with van der Waals surface area (Å²) in [7, 11) is 1.48. The Morgan fingerprint density at radius 1 is 1.00 bits per heavy atom. The van der Waals surface area contributed by atoms with Crippen molar-refractivity contribution in [3.8, 4) is 5.75 Å². The van der Waals surface area contributed by atoms with Crippen LogP contribution in [0.2, 0.25) is 5.02 Å². The molecule has 154 valence electrons. The second kappa shape index (κ2) is 9.84. The Labute approximate surface area is 179 Å². The molecule has 2 aromatic carbocycles. The van der Waals surface area contributed by atoms with Crippen LogP contribution in [0.5, 0.6) is 5.75 Å². The van der Waals surface area contributed by atoms with Gasteiger partial charge in [-0.05, 0) is 49.4 Å². The first-order valence-electron chi connectivity index (χ1n) is 9.27. The minimum absolute atomic E-state index is 0.0503. The lowest BCUT2D eigenvalue weighted by molar-refractivity contribution is -0.116.